The second-order valence-corrected chi connectivity index (χ2v) is 4.27. The van der Waals surface area contributed by atoms with Gasteiger partial charge in [0.25, 0.3) is 6.43 Å². The highest BCUT2D eigenvalue weighted by molar-refractivity contribution is 4.97. The molecule has 1 aliphatic heterocycles. The smallest absolute Gasteiger partial charge is 0.256 e. The molecule has 2 atom stereocenters. The Bertz CT molecular complexity index is 187. The summed E-state index contributed by atoms with van der Waals surface area (Å²) in [5.41, 5.74) is -0.944. The van der Waals surface area contributed by atoms with Gasteiger partial charge < -0.3 is 10.2 Å². The molecular weight excluding hydrogens is 186 g/mol. The standard InChI is InChI=1S/C10H20F2N2/c1-4-13-10(9(11)12)5-6-14(3)8(2)7-10/h8-9,13H,4-7H2,1-3H3. The Morgan fingerprint density at radius 2 is 2.21 bits per heavy atom. The molecule has 2 unspecified atom stereocenters. The van der Waals surface area contributed by atoms with E-state index in [1.165, 1.54) is 0 Å². The van der Waals surface area contributed by atoms with Gasteiger partial charge in [0, 0.05) is 12.6 Å². The Morgan fingerprint density at radius 1 is 1.57 bits per heavy atom. The molecule has 2 nitrogen and oxygen atoms in total. The van der Waals surface area contributed by atoms with Gasteiger partial charge in [-0.25, -0.2) is 8.78 Å². The summed E-state index contributed by atoms with van der Waals surface area (Å²) in [6.45, 7) is 5.25. The monoisotopic (exact) mass is 206 g/mol. The van der Waals surface area contributed by atoms with Crippen molar-refractivity contribution in [3.05, 3.63) is 0 Å². The molecule has 84 valence electrons. The first-order chi connectivity index (χ1) is 6.52. The zero-order valence-corrected chi connectivity index (χ0v) is 9.19. The van der Waals surface area contributed by atoms with Crippen LogP contribution in [0.1, 0.15) is 26.7 Å². The van der Waals surface area contributed by atoms with E-state index in [0.717, 1.165) is 6.54 Å². The van der Waals surface area contributed by atoms with Crippen LogP contribution in [0.25, 0.3) is 0 Å². The fourth-order valence-corrected chi connectivity index (χ4v) is 2.17. The van der Waals surface area contributed by atoms with Crippen LogP contribution in [0, 0.1) is 0 Å². The molecule has 1 saturated heterocycles. The van der Waals surface area contributed by atoms with Crippen LogP contribution in [0.2, 0.25) is 0 Å². The number of piperidine rings is 1. The number of nitrogens with one attached hydrogen (secondary N) is 1. The number of alkyl halides is 2. The van der Waals surface area contributed by atoms with E-state index in [4.69, 9.17) is 0 Å². The molecule has 0 aromatic rings. The second kappa shape index (κ2) is 4.53. The highest BCUT2D eigenvalue weighted by Gasteiger charge is 2.43. The van der Waals surface area contributed by atoms with Gasteiger partial charge in [0.1, 0.15) is 0 Å². The molecule has 0 amide bonds. The lowest BCUT2D eigenvalue weighted by Gasteiger charge is -2.44. The van der Waals surface area contributed by atoms with Crippen LogP contribution in [0.4, 0.5) is 8.78 Å². The van der Waals surface area contributed by atoms with Crippen molar-refractivity contribution in [2.45, 2.75) is 44.7 Å². The summed E-state index contributed by atoms with van der Waals surface area (Å²) >= 11 is 0. The lowest BCUT2D eigenvalue weighted by molar-refractivity contribution is -0.0214. The first-order valence-corrected chi connectivity index (χ1v) is 5.25. The van der Waals surface area contributed by atoms with Gasteiger partial charge in [0.05, 0.1) is 5.54 Å². The molecule has 1 fully saturated rings. The fourth-order valence-electron chi connectivity index (χ4n) is 2.17. The molecule has 0 spiro atoms. The van der Waals surface area contributed by atoms with Gasteiger partial charge in [0.2, 0.25) is 0 Å². The molecule has 0 saturated carbocycles. The summed E-state index contributed by atoms with van der Waals surface area (Å²) in [4.78, 5) is 2.14. The molecule has 0 bridgehead atoms. The average Bonchev–Trinajstić information content (AvgIpc) is 2.12. The molecule has 0 aromatic carbocycles. The summed E-state index contributed by atoms with van der Waals surface area (Å²) in [5.74, 6) is 0. The van der Waals surface area contributed by atoms with E-state index in [1.807, 2.05) is 20.9 Å². The number of nitrogens with zero attached hydrogens (tertiary/aromatic N) is 1. The van der Waals surface area contributed by atoms with Crippen molar-refractivity contribution in [2.24, 2.45) is 0 Å². The normalized spacial score (nSPS) is 35.1. The lowest BCUT2D eigenvalue weighted by Crippen LogP contribution is -2.59. The highest BCUT2D eigenvalue weighted by Crippen LogP contribution is 2.31. The Kier molecular flexibility index (Phi) is 3.84. The van der Waals surface area contributed by atoms with E-state index >= 15 is 0 Å². The van der Waals surface area contributed by atoms with Gasteiger partial charge in [-0.3, -0.25) is 0 Å². The molecule has 4 heteroatoms. The predicted octanol–water partition coefficient (Wildman–Crippen LogP) is 1.71. The largest absolute Gasteiger partial charge is 0.307 e. The minimum Gasteiger partial charge on any atom is -0.307 e. The molecule has 1 heterocycles. The van der Waals surface area contributed by atoms with Crippen LogP contribution >= 0.6 is 0 Å². The van der Waals surface area contributed by atoms with E-state index in [9.17, 15) is 8.78 Å². The van der Waals surface area contributed by atoms with Crippen molar-refractivity contribution in [2.75, 3.05) is 20.1 Å². The van der Waals surface area contributed by atoms with Crippen molar-refractivity contribution in [1.82, 2.24) is 10.2 Å². The second-order valence-electron chi connectivity index (χ2n) is 4.27. The third kappa shape index (κ3) is 2.23. The molecule has 0 radical (unpaired) electrons. The minimum absolute atomic E-state index is 0.233. The predicted molar refractivity (Wildman–Crippen MR) is 53.7 cm³/mol. The van der Waals surface area contributed by atoms with Crippen molar-refractivity contribution in [3.8, 4) is 0 Å². The van der Waals surface area contributed by atoms with Gasteiger partial charge in [-0.05, 0) is 33.4 Å². The Balaban J connectivity index is 2.69. The number of halogens is 2. The van der Waals surface area contributed by atoms with E-state index < -0.39 is 12.0 Å². The van der Waals surface area contributed by atoms with Crippen molar-refractivity contribution in [1.29, 1.82) is 0 Å². The van der Waals surface area contributed by atoms with Gasteiger partial charge in [-0.15, -0.1) is 0 Å². The molecule has 0 aliphatic carbocycles. The van der Waals surface area contributed by atoms with Crippen LogP contribution in [-0.2, 0) is 0 Å². The maximum absolute atomic E-state index is 13.0. The van der Waals surface area contributed by atoms with E-state index in [-0.39, 0.29) is 6.04 Å². The Labute approximate surface area is 84.7 Å². The van der Waals surface area contributed by atoms with Gasteiger partial charge in [-0.1, -0.05) is 6.92 Å². The highest BCUT2D eigenvalue weighted by atomic mass is 19.3. The molecule has 1 N–H and O–H groups in total. The molecule has 1 aliphatic rings. The van der Waals surface area contributed by atoms with Crippen LogP contribution in [0.5, 0.6) is 0 Å². The fraction of sp³-hybridized carbons (Fsp3) is 1.00. The van der Waals surface area contributed by atoms with Crippen molar-refractivity contribution in [3.63, 3.8) is 0 Å². The third-order valence-electron chi connectivity index (χ3n) is 3.27. The van der Waals surface area contributed by atoms with Crippen LogP contribution < -0.4 is 5.32 Å². The SMILES string of the molecule is CCNC1(C(F)F)CCN(C)C(C)C1. The number of rotatable bonds is 3. The van der Waals surface area contributed by atoms with E-state index in [1.54, 1.807) is 0 Å². The quantitative estimate of drug-likeness (QED) is 0.756. The summed E-state index contributed by atoms with van der Waals surface area (Å²) in [6.07, 6.45) is -1.19. The maximum atomic E-state index is 13.0. The van der Waals surface area contributed by atoms with Crippen LogP contribution in [0.3, 0.4) is 0 Å². The Morgan fingerprint density at radius 3 is 2.64 bits per heavy atom. The topological polar surface area (TPSA) is 15.3 Å². The van der Waals surface area contributed by atoms with Crippen molar-refractivity contribution >= 4 is 0 Å². The van der Waals surface area contributed by atoms with Gasteiger partial charge in [-0.2, -0.15) is 0 Å². The Hall–Kier alpha value is -0.220. The first-order valence-electron chi connectivity index (χ1n) is 5.25. The maximum Gasteiger partial charge on any atom is 0.256 e. The summed E-state index contributed by atoms with van der Waals surface area (Å²) < 4.78 is 26.0. The van der Waals surface area contributed by atoms with Gasteiger partial charge >= 0.3 is 0 Å². The first kappa shape index (κ1) is 11.9. The van der Waals surface area contributed by atoms with E-state index in [0.29, 0.717) is 19.4 Å². The van der Waals surface area contributed by atoms with E-state index in [2.05, 4.69) is 10.2 Å². The minimum atomic E-state index is -2.27. The van der Waals surface area contributed by atoms with Crippen molar-refractivity contribution < 1.29 is 8.78 Å². The summed E-state index contributed by atoms with van der Waals surface area (Å²) in [6, 6.07) is 0.233. The van der Waals surface area contributed by atoms with Crippen LogP contribution in [0.15, 0.2) is 0 Å². The number of likely N-dealkylation sites (tertiary alicyclic amines) is 1. The number of hydrogen-bond acceptors (Lipinski definition) is 2. The molecule has 0 aromatic heterocycles. The number of hydrogen-bond donors (Lipinski definition) is 1. The molecular formula is C10H20F2N2. The molecule has 14 heavy (non-hydrogen) atoms. The lowest BCUT2D eigenvalue weighted by atomic mass is 9.84. The summed E-state index contributed by atoms with van der Waals surface area (Å²) in [5, 5.41) is 2.97. The van der Waals surface area contributed by atoms with Gasteiger partial charge in [0.15, 0.2) is 0 Å². The third-order valence-corrected chi connectivity index (χ3v) is 3.27. The molecule has 1 rings (SSSR count). The summed E-state index contributed by atoms with van der Waals surface area (Å²) in [7, 11) is 1.99. The zero-order valence-electron chi connectivity index (χ0n) is 9.19. The average molecular weight is 206 g/mol. The van der Waals surface area contributed by atoms with Crippen LogP contribution in [-0.4, -0.2) is 43.0 Å². The zero-order chi connectivity index (χ0) is 10.8.